The number of nitrogens with one attached hydrogen (secondary N) is 3. The van der Waals surface area contributed by atoms with Crippen molar-refractivity contribution < 1.29 is 9.90 Å². The molecule has 0 spiro atoms. The predicted octanol–water partition coefficient (Wildman–Crippen LogP) is 0.339. The first-order valence-corrected chi connectivity index (χ1v) is 7.27. The second-order valence-corrected chi connectivity index (χ2v) is 5.55. The lowest BCUT2D eigenvalue weighted by atomic mass is 9.83. The molecular formula is C14H24N4O2. The van der Waals surface area contributed by atoms with Crippen molar-refractivity contribution in [2.45, 2.75) is 45.7 Å². The summed E-state index contributed by atoms with van der Waals surface area (Å²) in [7, 11) is 0. The first-order valence-electron chi connectivity index (χ1n) is 7.27. The Hall–Kier alpha value is -1.40. The Kier molecular flexibility index (Phi) is 4.77. The zero-order valence-electron chi connectivity index (χ0n) is 12.2. The smallest absolute Gasteiger partial charge is 0.237 e. The molecule has 0 aromatic carbocycles. The summed E-state index contributed by atoms with van der Waals surface area (Å²) in [6.07, 6.45) is 3.97. The monoisotopic (exact) mass is 280 g/mol. The maximum absolute atomic E-state index is 12.2. The first-order chi connectivity index (χ1) is 9.64. The molecular weight excluding hydrogens is 256 g/mol. The SMILES string of the molecule is CCC(CC)(CO)CNC(=O)C1Cc2nc[nH]c2CN1. The van der Waals surface area contributed by atoms with E-state index in [4.69, 9.17) is 0 Å². The average Bonchev–Trinajstić information content (AvgIpc) is 2.96. The summed E-state index contributed by atoms with van der Waals surface area (Å²) in [6, 6.07) is -0.240. The van der Waals surface area contributed by atoms with E-state index in [-0.39, 0.29) is 24.0 Å². The predicted molar refractivity (Wildman–Crippen MR) is 76.0 cm³/mol. The molecule has 4 N–H and O–H groups in total. The third-order valence-electron chi connectivity index (χ3n) is 4.52. The van der Waals surface area contributed by atoms with Gasteiger partial charge in [-0.15, -0.1) is 0 Å². The fourth-order valence-corrected chi connectivity index (χ4v) is 2.53. The lowest BCUT2D eigenvalue weighted by molar-refractivity contribution is -0.124. The van der Waals surface area contributed by atoms with Crippen molar-refractivity contribution >= 4 is 5.91 Å². The van der Waals surface area contributed by atoms with Crippen molar-refractivity contribution in [1.82, 2.24) is 20.6 Å². The van der Waals surface area contributed by atoms with E-state index in [0.717, 1.165) is 24.2 Å². The fraction of sp³-hybridized carbons (Fsp3) is 0.714. The molecule has 1 aliphatic rings. The number of aromatic nitrogens is 2. The Morgan fingerprint density at radius 3 is 2.95 bits per heavy atom. The molecule has 0 fully saturated rings. The van der Waals surface area contributed by atoms with E-state index >= 15 is 0 Å². The van der Waals surface area contributed by atoms with Crippen LogP contribution >= 0.6 is 0 Å². The highest BCUT2D eigenvalue weighted by molar-refractivity contribution is 5.82. The van der Waals surface area contributed by atoms with Gasteiger partial charge in [0.2, 0.25) is 5.91 Å². The van der Waals surface area contributed by atoms with Crippen LogP contribution in [0.5, 0.6) is 0 Å². The van der Waals surface area contributed by atoms with Crippen LogP contribution in [0.15, 0.2) is 6.33 Å². The number of H-pyrrole nitrogens is 1. The number of fused-ring (bicyclic) bond motifs is 1. The van der Waals surface area contributed by atoms with Crippen LogP contribution in [0, 0.1) is 5.41 Å². The third kappa shape index (κ3) is 3.02. The molecule has 0 radical (unpaired) electrons. The van der Waals surface area contributed by atoms with Gasteiger partial charge in [0.1, 0.15) is 0 Å². The molecule has 1 amide bonds. The number of aliphatic hydroxyl groups is 1. The van der Waals surface area contributed by atoms with E-state index in [2.05, 4.69) is 20.6 Å². The Bertz CT molecular complexity index is 446. The summed E-state index contributed by atoms with van der Waals surface area (Å²) in [5.74, 6) is -0.0154. The Morgan fingerprint density at radius 2 is 2.30 bits per heavy atom. The quantitative estimate of drug-likeness (QED) is 0.605. The van der Waals surface area contributed by atoms with E-state index < -0.39 is 0 Å². The van der Waals surface area contributed by atoms with Crippen LogP contribution in [0.1, 0.15) is 38.1 Å². The minimum absolute atomic E-state index is 0.0154. The average molecular weight is 280 g/mol. The second kappa shape index (κ2) is 6.37. The number of carbonyl (C=O) groups is 1. The van der Waals surface area contributed by atoms with Crippen LogP contribution in [-0.2, 0) is 17.8 Å². The van der Waals surface area contributed by atoms with Gasteiger partial charge in [0.25, 0.3) is 0 Å². The maximum Gasteiger partial charge on any atom is 0.237 e. The standard InChI is InChI=1S/C14H24N4O2/c1-3-14(4-2,8-19)7-16-13(20)11-5-10-12(6-15-11)18-9-17-10/h9,11,15,19H,3-8H2,1-2H3,(H,16,20)(H,17,18). The van der Waals surface area contributed by atoms with Gasteiger partial charge in [0.15, 0.2) is 0 Å². The normalized spacial score (nSPS) is 18.6. The molecule has 20 heavy (non-hydrogen) atoms. The third-order valence-corrected chi connectivity index (χ3v) is 4.52. The van der Waals surface area contributed by atoms with Crippen molar-refractivity contribution in [3.8, 4) is 0 Å². The van der Waals surface area contributed by atoms with E-state index in [0.29, 0.717) is 19.5 Å². The van der Waals surface area contributed by atoms with Gasteiger partial charge >= 0.3 is 0 Å². The fourth-order valence-electron chi connectivity index (χ4n) is 2.53. The van der Waals surface area contributed by atoms with Crippen LogP contribution in [-0.4, -0.2) is 40.2 Å². The molecule has 0 bridgehead atoms. The molecule has 6 heteroatoms. The highest BCUT2D eigenvalue weighted by Gasteiger charge is 2.29. The number of rotatable bonds is 6. The highest BCUT2D eigenvalue weighted by atomic mass is 16.3. The molecule has 2 heterocycles. The van der Waals surface area contributed by atoms with Gasteiger partial charge < -0.3 is 15.4 Å². The zero-order chi connectivity index (χ0) is 14.6. The first kappa shape index (κ1) is 15.0. The van der Waals surface area contributed by atoms with Crippen molar-refractivity contribution in [2.24, 2.45) is 5.41 Å². The van der Waals surface area contributed by atoms with E-state index in [9.17, 15) is 9.90 Å². The molecule has 1 aromatic rings. The van der Waals surface area contributed by atoms with Gasteiger partial charge in [0, 0.05) is 24.9 Å². The summed E-state index contributed by atoms with van der Waals surface area (Å²) in [4.78, 5) is 19.5. The number of hydrogen-bond donors (Lipinski definition) is 4. The Balaban J connectivity index is 1.90. The van der Waals surface area contributed by atoms with Crippen molar-refractivity contribution in [3.63, 3.8) is 0 Å². The number of nitrogens with zero attached hydrogens (tertiary/aromatic N) is 1. The summed E-state index contributed by atoms with van der Waals surface area (Å²) < 4.78 is 0. The molecule has 1 atom stereocenters. The molecule has 2 rings (SSSR count). The van der Waals surface area contributed by atoms with Gasteiger partial charge in [-0.1, -0.05) is 13.8 Å². The summed E-state index contributed by atoms with van der Waals surface area (Å²) in [6.45, 7) is 5.34. The van der Waals surface area contributed by atoms with Crippen LogP contribution in [0.2, 0.25) is 0 Å². The summed E-state index contributed by atoms with van der Waals surface area (Å²) in [5, 5.41) is 15.7. The molecule has 0 saturated carbocycles. The van der Waals surface area contributed by atoms with E-state index in [1.807, 2.05) is 13.8 Å². The number of carbonyl (C=O) groups excluding carboxylic acids is 1. The van der Waals surface area contributed by atoms with Crippen molar-refractivity contribution in [3.05, 3.63) is 17.7 Å². The highest BCUT2D eigenvalue weighted by Crippen LogP contribution is 2.24. The number of amides is 1. The van der Waals surface area contributed by atoms with Gasteiger partial charge in [0.05, 0.1) is 30.4 Å². The second-order valence-electron chi connectivity index (χ2n) is 5.55. The lowest BCUT2D eigenvalue weighted by Crippen LogP contribution is -2.50. The largest absolute Gasteiger partial charge is 0.396 e. The minimum Gasteiger partial charge on any atom is -0.396 e. The van der Waals surface area contributed by atoms with Crippen LogP contribution in [0.25, 0.3) is 0 Å². The number of aromatic amines is 1. The maximum atomic E-state index is 12.2. The van der Waals surface area contributed by atoms with Crippen LogP contribution < -0.4 is 10.6 Å². The lowest BCUT2D eigenvalue weighted by Gasteiger charge is -2.31. The van der Waals surface area contributed by atoms with Gasteiger partial charge in [-0.05, 0) is 12.8 Å². The Labute approximate surface area is 119 Å². The van der Waals surface area contributed by atoms with E-state index in [1.54, 1.807) is 6.33 Å². The molecule has 1 aliphatic heterocycles. The van der Waals surface area contributed by atoms with Crippen molar-refractivity contribution in [2.75, 3.05) is 13.2 Å². The summed E-state index contributed by atoms with van der Waals surface area (Å²) >= 11 is 0. The van der Waals surface area contributed by atoms with Crippen LogP contribution in [0.3, 0.4) is 0 Å². The molecule has 0 aliphatic carbocycles. The Morgan fingerprint density at radius 1 is 1.55 bits per heavy atom. The van der Waals surface area contributed by atoms with Gasteiger partial charge in [-0.2, -0.15) is 0 Å². The van der Waals surface area contributed by atoms with Crippen molar-refractivity contribution in [1.29, 1.82) is 0 Å². The topological polar surface area (TPSA) is 90.0 Å². The number of hydrogen-bond acceptors (Lipinski definition) is 4. The number of imidazole rings is 1. The van der Waals surface area contributed by atoms with E-state index in [1.165, 1.54) is 0 Å². The minimum atomic E-state index is -0.240. The van der Waals surface area contributed by atoms with Crippen LogP contribution in [0.4, 0.5) is 0 Å². The number of aliphatic hydroxyl groups excluding tert-OH is 1. The zero-order valence-corrected chi connectivity index (χ0v) is 12.2. The van der Waals surface area contributed by atoms with Gasteiger partial charge in [-0.25, -0.2) is 4.98 Å². The molecule has 112 valence electrons. The molecule has 6 nitrogen and oxygen atoms in total. The molecule has 1 unspecified atom stereocenters. The summed E-state index contributed by atoms with van der Waals surface area (Å²) in [5.41, 5.74) is 1.81. The molecule has 0 saturated heterocycles. The molecule has 1 aromatic heterocycles. The van der Waals surface area contributed by atoms with Gasteiger partial charge in [-0.3, -0.25) is 10.1 Å².